The lowest BCUT2D eigenvalue weighted by Crippen LogP contribution is -2.35. The summed E-state index contributed by atoms with van der Waals surface area (Å²) in [5.74, 6) is -0.301. The van der Waals surface area contributed by atoms with Crippen LogP contribution < -0.4 is 29.3 Å². The lowest BCUT2D eigenvalue weighted by Gasteiger charge is -2.25. The fourth-order valence-corrected chi connectivity index (χ4v) is 7.15. The molecule has 258 valence electrons. The molecule has 2 unspecified atom stereocenters. The van der Waals surface area contributed by atoms with Crippen LogP contribution in [0.2, 0.25) is 0 Å². The van der Waals surface area contributed by atoms with Gasteiger partial charge in [-0.15, -0.1) is 0 Å². The van der Waals surface area contributed by atoms with Crippen molar-refractivity contribution in [1.82, 2.24) is 51.3 Å². The van der Waals surface area contributed by atoms with Crippen LogP contribution in [0.4, 0.5) is 16.2 Å². The number of nitrogens with one attached hydrogen (secondary N) is 1. The number of aliphatic hydroxyl groups is 1. The number of imidazole rings is 2. The lowest BCUT2D eigenvalue weighted by molar-refractivity contribution is -0.0670. The average Bonchev–Trinajstić information content (AvgIpc) is 3.72. The Morgan fingerprint density at radius 2 is 1.47 bits per heavy atom. The molecule has 0 radical (unpaired) electrons. The average molecular weight is 710 g/mol. The largest absolute Gasteiger partial charge is 0.472 e. The van der Waals surface area contributed by atoms with Gasteiger partial charge in [-0.25, -0.2) is 33.5 Å². The minimum atomic E-state index is -5.15. The Kier molecular flexibility index (Phi) is 9.23. The number of aliphatic hydroxyl groups excluding tert-OH is 1. The van der Waals surface area contributed by atoms with Gasteiger partial charge in [0.1, 0.15) is 42.4 Å². The second kappa shape index (κ2) is 12.5. The lowest BCUT2D eigenvalue weighted by atomic mass is 10.1. The van der Waals surface area contributed by atoms with E-state index in [-0.39, 0.29) is 46.4 Å². The molecule has 0 spiro atoms. The van der Waals surface area contributed by atoms with E-state index >= 15 is 4.39 Å². The van der Waals surface area contributed by atoms with Crippen LogP contribution in [-0.4, -0.2) is 104 Å². The molecule has 0 saturated carbocycles. The molecule has 10 atom stereocenters. The summed E-state index contributed by atoms with van der Waals surface area (Å²) in [6, 6.07) is 0. The molecule has 7 rings (SSSR count). The summed E-state index contributed by atoms with van der Waals surface area (Å²) in [5, 5.41) is 11.0. The van der Waals surface area contributed by atoms with E-state index in [0.29, 0.717) is 0 Å². The summed E-state index contributed by atoms with van der Waals surface area (Å²) >= 11 is 0. The van der Waals surface area contributed by atoms with Crippen molar-refractivity contribution in [2.24, 2.45) is 0 Å². The van der Waals surface area contributed by atoms with Crippen molar-refractivity contribution in [3.8, 4) is 0 Å². The van der Waals surface area contributed by atoms with Gasteiger partial charge in [-0.1, -0.05) is 0 Å². The first kappa shape index (κ1) is 34.8. The summed E-state index contributed by atoms with van der Waals surface area (Å²) < 4.78 is 76.3. The first-order valence-corrected chi connectivity index (χ1v) is 15.9. The number of aromatic nitrogens is 8. The number of aromatic amines is 1. The molecule has 3 saturated heterocycles. The number of hydrogen-bond donors (Lipinski definition) is 8. The summed E-state index contributed by atoms with van der Waals surface area (Å²) in [6.07, 6.45) is -10.5. The molecule has 3 aliphatic heterocycles. The van der Waals surface area contributed by atoms with E-state index in [9.17, 15) is 28.8 Å². The van der Waals surface area contributed by atoms with Gasteiger partial charge in [0.05, 0.1) is 25.9 Å². The Hall–Kier alpha value is -3.55. The smallest absolute Gasteiger partial charge is 0.387 e. The van der Waals surface area contributed by atoms with Gasteiger partial charge < -0.3 is 48.1 Å². The Bertz CT molecular complexity index is 1950. The number of H-pyrrole nitrogens is 1. The SMILES string of the molecule is N.N.Nc1nc2c(ncn2[C@@H]2O[C@@H]3COP(=O)(O)O[C@H]4[C@@H](F)[C@H](n5cnc6c(N)ncnc65)O[C@@H]4COP(=O)(O)O[C@@H]2[C@@H]3O)c(=O)[nH]1. The van der Waals surface area contributed by atoms with Gasteiger partial charge in [0.2, 0.25) is 5.95 Å². The molecule has 27 heteroatoms. The van der Waals surface area contributed by atoms with Crippen molar-refractivity contribution in [2.75, 3.05) is 24.7 Å². The van der Waals surface area contributed by atoms with Crippen molar-refractivity contribution in [3.63, 3.8) is 0 Å². The van der Waals surface area contributed by atoms with Gasteiger partial charge in [0.25, 0.3) is 5.56 Å². The van der Waals surface area contributed by atoms with Crippen LogP contribution in [0, 0.1) is 0 Å². The van der Waals surface area contributed by atoms with Crippen LogP contribution in [0.3, 0.4) is 0 Å². The molecule has 47 heavy (non-hydrogen) atoms. The molecule has 14 N–H and O–H groups in total. The van der Waals surface area contributed by atoms with E-state index in [2.05, 4.69) is 29.9 Å². The summed E-state index contributed by atoms with van der Waals surface area (Å²) in [7, 11) is -10.3. The molecular weight excluding hydrogens is 681 g/mol. The number of phosphoric ester groups is 2. The highest BCUT2D eigenvalue weighted by molar-refractivity contribution is 7.47. The molecule has 0 amide bonds. The first-order chi connectivity index (χ1) is 21.3. The number of phosphoric acid groups is 2. The second-order valence-electron chi connectivity index (χ2n) is 10.1. The number of ether oxygens (including phenoxy) is 2. The fourth-order valence-electron chi connectivity index (χ4n) is 5.26. The minimum absolute atomic E-state index is 0. The van der Waals surface area contributed by atoms with Crippen molar-refractivity contribution < 1.29 is 56.0 Å². The third-order valence-electron chi connectivity index (χ3n) is 7.28. The maximum absolute atomic E-state index is 15.9. The highest BCUT2D eigenvalue weighted by atomic mass is 31.2. The summed E-state index contributed by atoms with van der Waals surface area (Å²) in [4.78, 5) is 55.5. The third-order valence-corrected chi connectivity index (χ3v) is 9.25. The maximum Gasteiger partial charge on any atom is 0.472 e. The monoisotopic (exact) mass is 710 g/mol. The Balaban J connectivity index is 0.00000217. The minimum Gasteiger partial charge on any atom is -0.387 e. The number of fused-ring (bicyclic) bond motifs is 5. The van der Waals surface area contributed by atoms with Crippen molar-refractivity contribution in [2.45, 2.75) is 49.1 Å². The molecule has 0 aliphatic carbocycles. The van der Waals surface area contributed by atoms with Gasteiger partial charge in [0.15, 0.2) is 41.3 Å². The van der Waals surface area contributed by atoms with Crippen molar-refractivity contribution >= 4 is 49.7 Å². The normalized spacial score (nSPS) is 36.1. The van der Waals surface area contributed by atoms with Gasteiger partial charge in [-0.3, -0.25) is 37.0 Å². The number of anilines is 2. The molecule has 3 fully saturated rings. The topological polar surface area (TPSA) is 379 Å². The molecule has 0 aromatic carbocycles. The Labute approximate surface area is 260 Å². The van der Waals surface area contributed by atoms with Crippen LogP contribution >= 0.6 is 15.6 Å². The van der Waals surface area contributed by atoms with Crippen LogP contribution in [0.5, 0.6) is 0 Å². The third kappa shape index (κ3) is 6.13. The van der Waals surface area contributed by atoms with Crippen LogP contribution in [0.1, 0.15) is 12.5 Å². The van der Waals surface area contributed by atoms with E-state index < -0.39 is 83.6 Å². The number of nitrogens with zero attached hydrogens (tertiary/aromatic N) is 7. The van der Waals surface area contributed by atoms with E-state index in [0.717, 1.165) is 28.1 Å². The molecular formula is C20H29FN12O12P2. The molecule has 4 aromatic rings. The molecule has 7 heterocycles. The van der Waals surface area contributed by atoms with Crippen LogP contribution in [0.25, 0.3) is 22.3 Å². The zero-order chi connectivity index (χ0) is 31.8. The Morgan fingerprint density at radius 3 is 2.17 bits per heavy atom. The quantitative estimate of drug-likeness (QED) is 0.115. The van der Waals surface area contributed by atoms with Crippen LogP contribution in [0.15, 0.2) is 23.8 Å². The van der Waals surface area contributed by atoms with E-state index in [4.69, 9.17) is 39.0 Å². The summed E-state index contributed by atoms with van der Waals surface area (Å²) in [5.41, 5.74) is 10.6. The molecule has 4 aromatic heterocycles. The predicted octanol–water partition coefficient (Wildman–Crippen LogP) is -1.04. The number of rotatable bonds is 2. The van der Waals surface area contributed by atoms with E-state index in [1.54, 1.807) is 0 Å². The predicted molar refractivity (Wildman–Crippen MR) is 152 cm³/mol. The molecule has 3 aliphatic rings. The van der Waals surface area contributed by atoms with Gasteiger partial charge in [-0.05, 0) is 0 Å². The zero-order valence-electron chi connectivity index (χ0n) is 23.8. The summed E-state index contributed by atoms with van der Waals surface area (Å²) in [6.45, 7) is -1.77. The number of halogens is 1. The number of nitrogen functional groups attached to an aromatic ring is 2. The number of hydrogen-bond acceptors (Lipinski definition) is 19. The number of alkyl halides is 1. The zero-order valence-corrected chi connectivity index (χ0v) is 25.5. The van der Waals surface area contributed by atoms with Gasteiger partial charge >= 0.3 is 15.6 Å². The highest BCUT2D eigenvalue weighted by Crippen LogP contribution is 2.54. The van der Waals surface area contributed by atoms with Gasteiger partial charge in [0, 0.05) is 0 Å². The standard InChI is InChI=1S/C20H23FN10O12P2.2H3N/c21-8-12-7(41-18(8)30-4-26-9-14(22)24-3-25-15(9)30)2-39-45(36,37)43-13-11(32)6(1-38-44(34,35)42-12)40-19(13)31-5-27-10-16(31)28-20(23)29-17(10)33;;/h3-8,11-13,18-19,32H,1-2H2,(H,34,35)(H,36,37)(H2,22,24,25)(H3,23,28,29,33);2*1H3/t6-,7-,8-,11-,12-,13-,18-,19-;;/m1../s1. The fraction of sp³-hybridized carbons (Fsp3) is 0.500. The van der Waals surface area contributed by atoms with Crippen molar-refractivity contribution in [1.29, 1.82) is 0 Å². The van der Waals surface area contributed by atoms with Crippen molar-refractivity contribution in [3.05, 3.63) is 29.3 Å². The molecule has 24 nitrogen and oxygen atoms in total. The van der Waals surface area contributed by atoms with E-state index in [1.165, 1.54) is 0 Å². The van der Waals surface area contributed by atoms with E-state index in [1.807, 2.05) is 0 Å². The van der Waals surface area contributed by atoms with Gasteiger partial charge in [-0.2, -0.15) is 4.98 Å². The van der Waals surface area contributed by atoms with Crippen LogP contribution in [-0.2, 0) is 36.7 Å². The second-order valence-corrected chi connectivity index (χ2v) is 12.9. The first-order valence-electron chi connectivity index (χ1n) is 12.9. The number of nitrogens with two attached hydrogens (primary N) is 2. The molecule has 2 bridgehead atoms. The maximum atomic E-state index is 15.9. The highest BCUT2D eigenvalue weighted by Gasteiger charge is 2.54. The Morgan fingerprint density at radius 1 is 0.872 bits per heavy atom.